The molecule has 1 aliphatic carbocycles. The van der Waals surface area contributed by atoms with Crippen LogP contribution in [0.1, 0.15) is 43.7 Å². The van der Waals surface area contributed by atoms with Gasteiger partial charge in [-0.15, -0.1) is 0 Å². The third-order valence-electron chi connectivity index (χ3n) is 6.85. The van der Waals surface area contributed by atoms with E-state index in [9.17, 15) is 9.90 Å². The molecule has 0 aromatic heterocycles. The number of carbonyl (C=O) groups is 1. The van der Waals surface area contributed by atoms with Gasteiger partial charge in [0, 0.05) is 29.8 Å². The second-order valence-electron chi connectivity index (χ2n) is 8.64. The summed E-state index contributed by atoms with van der Waals surface area (Å²) in [5.74, 6) is 1.58. The molecule has 2 aromatic carbocycles. The molecule has 0 spiro atoms. The molecular weight excluding hydrogens is 392 g/mol. The lowest BCUT2D eigenvalue weighted by Gasteiger charge is -2.52. The van der Waals surface area contributed by atoms with E-state index in [1.54, 1.807) is 14.2 Å². The molecule has 4 rings (SSSR count). The number of amides is 1. The molecule has 1 aliphatic heterocycles. The number of nitrogens with one attached hydrogen (secondary N) is 1. The van der Waals surface area contributed by atoms with Gasteiger partial charge in [-0.25, -0.2) is 0 Å². The fourth-order valence-corrected chi connectivity index (χ4v) is 5.30. The van der Waals surface area contributed by atoms with Crippen molar-refractivity contribution in [1.29, 1.82) is 0 Å². The summed E-state index contributed by atoms with van der Waals surface area (Å²) in [5.41, 5.74) is 1.12. The van der Waals surface area contributed by atoms with Gasteiger partial charge in [0.1, 0.15) is 11.5 Å². The standard InChI is InChI=1S/C25H32N2O4/c1-30-19-12-10-18(11-13-19)26-23(28)17-27-16-15-25(29)14-6-5-8-21(25)24(27)20-7-3-4-9-22(20)31-2/h3-4,7,9-13,21,24,29H,5-6,8,14-17H2,1-2H3,(H,26,28)/t21-,24-,25+/m0/s1. The van der Waals surface area contributed by atoms with Crippen molar-refractivity contribution in [2.45, 2.75) is 43.7 Å². The van der Waals surface area contributed by atoms with Crippen molar-refractivity contribution in [2.24, 2.45) is 5.92 Å². The van der Waals surface area contributed by atoms with Gasteiger partial charge in [-0.05, 0) is 49.6 Å². The Bertz CT molecular complexity index is 901. The molecule has 2 aromatic rings. The highest BCUT2D eigenvalue weighted by molar-refractivity contribution is 5.92. The molecule has 1 amide bonds. The van der Waals surface area contributed by atoms with Gasteiger partial charge in [0.05, 0.1) is 26.4 Å². The number of aliphatic hydroxyl groups is 1. The van der Waals surface area contributed by atoms with Crippen LogP contribution < -0.4 is 14.8 Å². The summed E-state index contributed by atoms with van der Waals surface area (Å²) >= 11 is 0. The van der Waals surface area contributed by atoms with Crippen LogP contribution in [-0.2, 0) is 4.79 Å². The van der Waals surface area contributed by atoms with Crippen molar-refractivity contribution < 1.29 is 19.4 Å². The Morgan fingerprint density at radius 2 is 1.87 bits per heavy atom. The number of methoxy groups -OCH3 is 2. The summed E-state index contributed by atoms with van der Waals surface area (Å²) < 4.78 is 10.8. The van der Waals surface area contributed by atoms with Crippen molar-refractivity contribution in [3.05, 3.63) is 54.1 Å². The van der Waals surface area contributed by atoms with Crippen LogP contribution in [0.4, 0.5) is 5.69 Å². The van der Waals surface area contributed by atoms with E-state index in [0.29, 0.717) is 13.0 Å². The van der Waals surface area contributed by atoms with E-state index in [1.165, 1.54) is 0 Å². The third kappa shape index (κ3) is 4.55. The summed E-state index contributed by atoms with van der Waals surface area (Å²) in [6.45, 7) is 0.938. The predicted molar refractivity (Wildman–Crippen MR) is 120 cm³/mol. The number of hydrogen-bond donors (Lipinski definition) is 2. The first-order valence-corrected chi connectivity index (χ1v) is 11.1. The maximum absolute atomic E-state index is 12.9. The number of para-hydroxylation sites is 1. The van der Waals surface area contributed by atoms with Crippen LogP contribution in [0.5, 0.6) is 11.5 Å². The Kier molecular flexibility index (Phi) is 6.49. The number of fused-ring (bicyclic) bond motifs is 1. The van der Waals surface area contributed by atoms with E-state index >= 15 is 0 Å². The minimum atomic E-state index is -0.674. The molecule has 0 radical (unpaired) electrons. The van der Waals surface area contributed by atoms with Gasteiger partial charge < -0.3 is 19.9 Å². The molecule has 2 N–H and O–H groups in total. The molecule has 166 valence electrons. The first kappa shape index (κ1) is 21.7. The van der Waals surface area contributed by atoms with Gasteiger partial charge in [-0.2, -0.15) is 0 Å². The number of rotatable bonds is 6. The molecule has 0 unspecified atom stereocenters. The normalized spacial score (nSPS) is 26.0. The third-order valence-corrected chi connectivity index (χ3v) is 6.85. The highest BCUT2D eigenvalue weighted by Crippen LogP contribution is 2.50. The number of likely N-dealkylation sites (tertiary alicyclic amines) is 1. The lowest BCUT2D eigenvalue weighted by molar-refractivity contribution is -0.135. The molecular formula is C25H32N2O4. The SMILES string of the molecule is COc1ccc(NC(=O)CN2CC[C@]3(O)CCCC[C@H]3[C@@H]2c2ccccc2OC)cc1. The smallest absolute Gasteiger partial charge is 0.238 e. The van der Waals surface area contributed by atoms with Gasteiger partial charge in [0.15, 0.2) is 0 Å². The summed E-state index contributed by atoms with van der Waals surface area (Å²) in [5, 5.41) is 14.4. The molecule has 3 atom stereocenters. The van der Waals surface area contributed by atoms with Crippen LogP contribution in [0, 0.1) is 5.92 Å². The van der Waals surface area contributed by atoms with Crippen LogP contribution in [0.3, 0.4) is 0 Å². The van der Waals surface area contributed by atoms with Crippen molar-refractivity contribution in [3.8, 4) is 11.5 Å². The maximum atomic E-state index is 12.9. The Balaban J connectivity index is 1.57. The Labute approximate surface area is 184 Å². The zero-order valence-corrected chi connectivity index (χ0v) is 18.3. The lowest BCUT2D eigenvalue weighted by atomic mass is 9.66. The van der Waals surface area contributed by atoms with Crippen LogP contribution >= 0.6 is 0 Å². The van der Waals surface area contributed by atoms with Crippen LogP contribution in [0.2, 0.25) is 0 Å². The average Bonchev–Trinajstić information content (AvgIpc) is 2.79. The molecule has 6 nitrogen and oxygen atoms in total. The van der Waals surface area contributed by atoms with Crippen LogP contribution in [0.15, 0.2) is 48.5 Å². The average molecular weight is 425 g/mol. The van der Waals surface area contributed by atoms with E-state index in [2.05, 4.69) is 16.3 Å². The molecule has 2 fully saturated rings. The van der Waals surface area contributed by atoms with E-state index in [4.69, 9.17) is 9.47 Å². The number of nitrogens with zero attached hydrogens (tertiary/aromatic N) is 1. The number of anilines is 1. The summed E-state index contributed by atoms with van der Waals surface area (Å²) in [6, 6.07) is 15.3. The molecule has 1 saturated heterocycles. The van der Waals surface area contributed by atoms with Crippen molar-refractivity contribution >= 4 is 11.6 Å². The van der Waals surface area contributed by atoms with E-state index < -0.39 is 5.60 Å². The molecule has 0 bridgehead atoms. The van der Waals surface area contributed by atoms with Crippen molar-refractivity contribution in [1.82, 2.24) is 4.90 Å². The second kappa shape index (κ2) is 9.28. The van der Waals surface area contributed by atoms with Crippen LogP contribution in [0.25, 0.3) is 0 Å². The van der Waals surface area contributed by atoms with E-state index in [-0.39, 0.29) is 24.4 Å². The fraction of sp³-hybridized carbons (Fsp3) is 0.480. The van der Waals surface area contributed by atoms with E-state index in [0.717, 1.165) is 48.4 Å². The summed E-state index contributed by atoms with van der Waals surface area (Å²) in [6.07, 6.45) is 4.64. The molecule has 1 saturated carbocycles. The zero-order chi connectivity index (χ0) is 21.8. The Morgan fingerprint density at radius 1 is 1.10 bits per heavy atom. The zero-order valence-electron chi connectivity index (χ0n) is 18.3. The number of piperidine rings is 1. The second-order valence-corrected chi connectivity index (χ2v) is 8.64. The van der Waals surface area contributed by atoms with Gasteiger partial charge in [-0.1, -0.05) is 31.0 Å². The topological polar surface area (TPSA) is 71.0 Å². The number of benzene rings is 2. The molecule has 2 aliphatic rings. The van der Waals surface area contributed by atoms with Gasteiger partial charge in [-0.3, -0.25) is 9.69 Å². The number of hydrogen-bond acceptors (Lipinski definition) is 5. The molecule has 1 heterocycles. The maximum Gasteiger partial charge on any atom is 0.238 e. The highest BCUT2D eigenvalue weighted by atomic mass is 16.5. The van der Waals surface area contributed by atoms with Crippen molar-refractivity contribution in [2.75, 3.05) is 32.6 Å². The minimum Gasteiger partial charge on any atom is -0.497 e. The van der Waals surface area contributed by atoms with E-state index in [1.807, 2.05) is 42.5 Å². The fourth-order valence-electron chi connectivity index (χ4n) is 5.30. The highest BCUT2D eigenvalue weighted by Gasteiger charge is 2.49. The number of carbonyl (C=O) groups excluding carboxylic acids is 1. The summed E-state index contributed by atoms with van der Waals surface area (Å²) in [7, 11) is 3.30. The monoisotopic (exact) mass is 424 g/mol. The Morgan fingerprint density at radius 3 is 2.61 bits per heavy atom. The first-order valence-electron chi connectivity index (χ1n) is 11.1. The predicted octanol–water partition coefficient (Wildman–Crippen LogP) is 4.01. The van der Waals surface area contributed by atoms with Gasteiger partial charge >= 0.3 is 0 Å². The number of ether oxygens (including phenoxy) is 2. The van der Waals surface area contributed by atoms with Crippen molar-refractivity contribution in [3.63, 3.8) is 0 Å². The minimum absolute atomic E-state index is 0.0585. The molecule has 31 heavy (non-hydrogen) atoms. The molecule has 6 heteroatoms. The lowest BCUT2D eigenvalue weighted by Crippen LogP contribution is -2.56. The van der Waals surface area contributed by atoms with Crippen LogP contribution in [-0.4, -0.2) is 48.8 Å². The largest absolute Gasteiger partial charge is 0.497 e. The first-order chi connectivity index (χ1) is 15.0. The summed E-state index contributed by atoms with van der Waals surface area (Å²) in [4.78, 5) is 15.1. The van der Waals surface area contributed by atoms with Gasteiger partial charge in [0.25, 0.3) is 0 Å². The quantitative estimate of drug-likeness (QED) is 0.733. The van der Waals surface area contributed by atoms with Gasteiger partial charge in [0.2, 0.25) is 5.91 Å². The Hall–Kier alpha value is -2.57.